The topological polar surface area (TPSA) is 39.5 Å². The summed E-state index contributed by atoms with van der Waals surface area (Å²) in [4.78, 5) is 5.10. The fourth-order valence-corrected chi connectivity index (χ4v) is 3.41. The second-order valence-corrected chi connectivity index (χ2v) is 5.71. The van der Waals surface area contributed by atoms with E-state index in [9.17, 15) is 0 Å². The molecule has 2 aliphatic heterocycles. The zero-order chi connectivity index (χ0) is 13.9. The highest BCUT2D eigenvalue weighted by atomic mass is 16.5. The highest BCUT2D eigenvalue weighted by molar-refractivity contribution is 5.42. The van der Waals surface area contributed by atoms with Crippen LogP contribution in [0.3, 0.4) is 0 Å². The van der Waals surface area contributed by atoms with Crippen molar-refractivity contribution in [3.05, 3.63) is 29.3 Å². The highest BCUT2D eigenvalue weighted by Crippen LogP contribution is 2.25. The van der Waals surface area contributed by atoms with Crippen molar-refractivity contribution in [1.29, 1.82) is 5.26 Å². The number of rotatable bonds is 3. The number of nitrogens with zero attached hydrogens (tertiary/aromatic N) is 3. The van der Waals surface area contributed by atoms with Gasteiger partial charge in [0, 0.05) is 37.8 Å². The molecule has 4 nitrogen and oxygen atoms in total. The van der Waals surface area contributed by atoms with E-state index >= 15 is 0 Å². The first kappa shape index (κ1) is 13.4. The average Bonchev–Trinajstić information content (AvgIpc) is 2.94. The molecule has 1 unspecified atom stereocenters. The number of hydrogen-bond acceptors (Lipinski definition) is 4. The van der Waals surface area contributed by atoms with Crippen molar-refractivity contribution in [2.45, 2.75) is 25.4 Å². The normalized spacial score (nSPS) is 23.3. The average molecular weight is 271 g/mol. The third-order valence-electron chi connectivity index (χ3n) is 4.47. The molecule has 2 heterocycles. The molecular weight excluding hydrogens is 250 g/mol. The SMILES string of the molecule is COc1ccc(C#N)cc1CN1CCN2CCCC2C1. The van der Waals surface area contributed by atoms with Crippen molar-refractivity contribution >= 4 is 0 Å². The smallest absolute Gasteiger partial charge is 0.123 e. The molecule has 0 spiro atoms. The molecule has 0 radical (unpaired) electrons. The van der Waals surface area contributed by atoms with Gasteiger partial charge in [0.25, 0.3) is 0 Å². The van der Waals surface area contributed by atoms with E-state index in [-0.39, 0.29) is 0 Å². The lowest BCUT2D eigenvalue weighted by Gasteiger charge is -2.37. The second-order valence-electron chi connectivity index (χ2n) is 5.71. The number of nitriles is 1. The number of piperazine rings is 1. The Labute approximate surface area is 120 Å². The first-order valence-electron chi connectivity index (χ1n) is 7.33. The molecular formula is C16H21N3O. The number of fused-ring (bicyclic) bond motifs is 1. The van der Waals surface area contributed by atoms with Crippen LogP contribution >= 0.6 is 0 Å². The van der Waals surface area contributed by atoms with Crippen LogP contribution in [0.5, 0.6) is 5.75 Å². The first-order chi connectivity index (χ1) is 9.80. The molecule has 1 aromatic rings. The zero-order valence-corrected chi connectivity index (χ0v) is 12.0. The summed E-state index contributed by atoms with van der Waals surface area (Å²) in [7, 11) is 1.69. The molecule has 20 heavy (non-hydrogen) atoms. The molecule has 1 aromatic carbocycles. The third-order valence-corrected chi connectivity index (χ3v) is 4.47. The van der Waals surface area contributed by atoms with Crippen LogP contribution in [-0.4, -0.2) is 49.1 Å². The van der Waals surface area contributed by atoms with Gasteiger partial charge in [0.2, 0.25) is 0 Å². The molecule has 106 valence electrons. The van der Waals surface area contributed by atoms with Gasteiger partial charge in [-0.15, -0.1) is 0 Å². The number of benzene rings is 1. The molecule has 0 aromatic heterocycles. The molecule has 0 bridgehead atoms. The Balaban J connectivity index is 1.72. The summed E-state index contributed by atoms with van der Waals surface area (Å²) >= 11 is 0. The second kappa shape index (κ2) is 5.82. The molecule has 1 atom stereocenters. The summed E-state index contributed by atoms with van der Waals surface area (Å²) in [5, 5.41) is 9.04. The maximum absolute atomic E-state index is 9.04. The molecule has 0 saturated carbocycles. The maximum atomic E-state index is 9.04. The Kier molecular flexibility index (Phi) is 3.90. The summed E-state index contributed by atoms with van der Waals surface area (Å²) in [5.41, 5.74) is 1.83. The van der Waals surface area contributed by atoms with Gasteiger partial charge in [-0.25, -0.2) is 0 Å². The van der Waals surface area contributed by atoms with Crippen LogP contribution in [-0.2, 0) is 6.54 Å². The lowest BCUT2D eigenvalue weighted by molar-refractivity contribution is 0.0987. The Morgan fingerprint density at radius 2 is 2.25 bits per heavy atom. The lowest BCUT2D eigenvalue weighted by atomic mass is 10.1. The minimum absolute atomic E-state index is 0.709. The Hall–Kier alpha value is -1.57. The van der Waals surface area contributed by atoms with Crippen molar-refractivity contribution in [1.82, 2.24) is 9.80 Å². The first-order valence-corrected chi connectivity index (χ1v) is 7.33. The van der Waals surface area contributed by atoms with Gasteiger partial charge in [-0.1, -0.05) is 0 Å². The summed E-state index contributed by atoms with van der Waals surface area (Å²) in [5.74, 6) is 0.887. The number of methoxy groups -OCH3 is 1. The van der Waals surface area contributed by atoms with E-state index in [1.165, 1.54) is 25.9 Å². The predicted molar refractivity (Wildman–Crippen MR) is 77.6 cm³/mol. The van der Waals surface area contributed by atoms with Crippen LogP contribution in [0.25, 0.3) is 0 Å². The van der Waals surface area contributed by atoms with E-state index in [1.54, 1.807) is 7.11 Å². The van der Waals surface area contributed by atoms with Gasteiger partial charge >= 0.3 is 0 Å². The van der Waals surface area contributed by atoms with Crippen LogP contribution in [0.15, 0.2) is 18.2 Å². The minimum atomic E-state index is 0.709. The summed E-state index contributed by atoms with van der Waals surface area (Å²) < 4.78 is 5.43. The van der Waals surface area contributed by atoms with Gasteiger partial charge in [0.05, 0.1) is 18.7 Å². The highest BCUT2D eigenvalue weighted by Gasteiger charge is 2.30. The van der Waals surface area contributed by atoms with Crippen LogP contribution in [0, 0.1) is 11.3 Å². The Morgan fingerprint density at radius 1 is 1.35 bits per heavy atom. The molecule has 3 rings (SSSR count). The summed E-state index contributed by atoms with van der Waals surface area (Å²) in [6, 6.07) is 8.62. The zero-order valence-electron chi connectivity index (χ0n) is 12.0. The van der Waals surface area contributed by atoms with Gasteiger partial charge in [-0.05, 0) is 37.6 Å². The van der Waals surface area contributed by atoms with Gasteiger partial charge < -0.3 is 4.74 Å². The van der Waals surface area contributed by atoms with Crippen LogP contribution in [0.1, 0.15) is 24.0 Å². The van der Waals surface area contributed by atoms with E-state index in [4.69, 9.17) is 10.00 Å². The van der Waals surface area contributed by atoms with Crippen LogP contribution in [0.4, 0.5) is 0 Å². The van der Waals surface area contributed by atoms with Gasteiger partial charge in [0.1, 0.15) is 5.75 Å². The van der Waals surface area contributed by atoms with E-state index in [2.05, 4.69) is 15.9 Å². The Bertz CT molecular complexity index is 523. The summed E-state index contributed by atoms with van der Waals surface area (Å²) in [6.45, 7) is 5.57. The van der Waals surface area contributed by atoms with Gasteiger partial charge in [-0.3, -0.25) is 9.80 Å². The molecule has 2 fully saturated rings. The number of ether oxygens (including phenoxy) is 1. The van der Waals surface area contributed by atoms with Gasteiger partial charge in [0.15, 0.2) is 0 Å². The monoisotopic (exact) mass is 271 g/mol. The third kappa shape index (κ3) is 2.65. The molecule has 4 heteroatoms. The molecule has 0 amide bonds. The van der Waals surface area contributed by atoms with Crippen LogP contribution in [0.2, 0.25) is 0 Å². The quantitative estimate of drug-likeness (QED) is 0.841. The van der Waals surface area contributed by atoms with E-state index in [0.717, 1.165) is 37.0 Å². The molecule has 0 aliphatic carbocycles. The summed E-state index contributed by atoms with van der Waals surface area (Å²) in [6.07, 6.45) is 2.66. The van der Waals surface area contributed by atoms with Crippen molar-refractivity contribution < 1.29 is 4.74 Å². The standard InChI is InChI=1S/C16H21N3O/c1-20-16-5-4-13(10-17)9-14(16)11-18-7-8-19-6-2-3-15(19)12-18/h4-5,9,15H,2-3,6-8,11-12H2,1H3. The van der Waals surface area contributed by atoms with Crippen molar-refractivity contribution in [3.8, 4) is 11.8 Å². The van der Waals surface area contributed by atoms with Crippen LogP contribution < -0.4 is 4.74 Å². The van der Waals surface area contributed by atoms with E-state index in [1.807, 2.05) is 18.2 Å². The number of hydrogen-bond donors (Lipinski definition) is 0. The Morgan fingerprint density at radius 3 is 3.05 bits per heavy atom. The minimum Gasteiger partial charge on any atom is -0.496 e. The van der Waals surface area contributed by atoms with Gasteiger partial charge in [-0.2, -0.15) is 5.26 Å². The molecule has 2 saturated heterocycles. The lowest BCUT2D eigenvalue weighted by Crippen LogP contribution is -2.49. The van der Waals surface area contributed by atoms with E-state index < -0.39 is 0 Å². The molecule has 2 aliphatic rings. The van der Waals surface area contributed by atoms with E-state index in [0.29, 0.717) is 5.56 Å². The van der Waals surface area contributed by atoms with Crippen molar-refractivity contribution in [2.24, 2.45) is 0 Å². The fourth-order valence-electron chi connectivity index (χ4n) is 3.41. The van der Waals surface area contributed by atoms with Crippen molar-refractivity contribution in [2.75, 3.05) is 33.3 Å². The molecule has 0 N–H and O–H groups in total. The predicted octanol–water partition coefficient (Wildman–Crippen LogP) is 1.85. The van der Waals surface area contributed by atoms with Crippen molar-refractivity contribution in [3.63, 3.8) is 0 Å². The maximum Gasteiger partial charge on any atom is 0.123 e. The largest absolute Gasteiger partial charge is 0.496 e. The fraction of sp³-hybridized carbons (Fsp3) is 0.562.